The lowest BCUT2D eigenvalue weighted by Gasteiger charge is -2.21. The van der Waals surface area contributed by atoms with Crippen molar-refractivity contribution in [2.24, 2.45) is 17.4 Å². The van der Waals surface area contributed by atoms with Crippen LogP contribution in [0.15, 0.2) is 0 Å². The molecule has 110 valence electrons. The molecule has 0 amide bonds. The Morgan fingerprint density at radius 2 is 1.33 bits per heavy atom. The molecule has 0 aromatic heterocycles. The summed E-state index contributed by atoms with van der Waals surface area (Å²) in [5.74, 6) is 1.09. The molecule has 1 aliphatic carbocycles. The zero-order valence-corrected chi connectivity index (χ0v) is 12.6. The Morgan fingerprint density at radius 3 is 1.89 bits per heavy atom. The van der Waals surface area contributed by atoms with Crippen LogP contribution >= 0.6 is 12.4 Å². The molecule has 0 heterocycles. The van der Waals surface area contributed by atoms with E-state index < -0.39 is 0 Å². The Hall–Kier alpha value is 0.170. The molecular weight excluding hydrogens is 246 g/mol. The van der Waals surface area contributed by atoms with Gasteiger partial charge in [0.1, 0.15) is 0 Å². The molecular formula is C14H32ClN3. The lowest BCUT2D eigenvalue weighted by molar-refractivity contribution is 0.260. The number of nitrogens with two attached hydrogens (primary N) is 2. The SMILES string of the molecule is Cl.NCCCCN(CCCN)CCCCC1CC1. The van der Waals surface area contributed by atoms with E-state index in [1.54, 1.807) is 0 Å². The maximum absolute atomic E-state index is 5.59. The Kier molecular flexibility index (Phi) is 12.3. The topological polar surface area (TPSA) is 55.3 Å². The first-order valence-corrected chi connectivity index (χ1v) is 7.49. The predicted molar refractivity (Wildman–Crippen MR) is 82.2 cm³/mol. The van der Waals surface area contributed by atoms with Gasteiger partial charge in [0.15, 0.2) is 0 Å². The number of hydrogen-bond donors (Lipinski definition) is 2. The van der Waals surface area contributed by atoms with Gasteiger partial charge in [0, 0.05) is 0 Å². The van der Waals surface area contributed by atoms with E-state index in [4.69, 9.17) is 11.5 Å². The van der Waals surface area contributed by atoms with Crippen molar-refractivity contribution in [3.63, 3.8) is 0 Å². The average Bonchev–Trinajstić information content (AvgIpc) is 3.15. The maximum Gasteiger partial charge on any atom is -0.000672 e. The van der Waals surface area contributed by atoms with E-state index in [0.29, 0.717) is 0 Å². The monoisotopic (exact) mass is 277 g/mol. The van der Waals surface area contributed by atoms with Crippen LogP contribution < -0.4 is 11.5 Å². The standard InChI is InChI=1S/C14H31N3.ClH/c15-9-2-4-12-17(13-5-10-16)11-3-1-6-14-7-8-14;/h14H,1-13,15-16H2;1H. The second-order valence-corrected chi connectivity index (χ2v) is 5.42. The first-order valence-electron chi connectivity index (χ1n) is 7.49. The molecule has 0 spiro atoms. The van der Waals surface area contributed by atoms with E-state index >= 15 is 0 Å². The van der Waals surface area contributed by atoms with Gasteiger partial charge < -0.3 is 16.4 Å². The third kappa shape index (κ3) is 10.1. The quantitative estimate of drug-likeness (QED) is 0.539. The molecule has 0 radical (unpaired) electrons. The minimum atomic E-state index is 0. The second kappa shape index (κ2) is 12.2. The summed E-state index contributed by atoms with van der Waals surface area (Å²) in [6.45, 7) is 5.28. The van der Waals surface area contributed by atoms with Crippen LogP contribution in [-0.2, 0) is 0 Å². The molecule has 1 saturated carbocycles. The van der Waals surface area contributed by atoms with E-state index in [-0.39, 0.29) is 12.4 Å². The smallest absolute Gasteiger partial charge is 0.000672 e. The van der Waals surface area contributed by atoms with Gasteiger partial charge in [0.2, 0.25) is 0 Å². The minimum Gasteiger partial charge on any atom is -0.330 e. The molecule has 4 heteroatoms. The summed E-state index contributed by atoms with van der Waals surface area (Å²) in [5, 5.41) is 0. The van der Waals surface area contributed by atoms with E-state index in [1.165, 1.54) is 58.2 Å². The summed E-state index contributed by atoms with van der Waals surface area (Å²) in [5.41, 5.74) is 11.1. The van der Waals surface area contributed by atoms with Gasteiger partial charge in [-0.1, -0.05) is 25.7 Å². The normalized spacial score (nSPS) is 14.8. The van der Waals surface area contributed by atoms with Crippen molar-refractivity contribution in [1.82, 2.24) is 4.90 Å². The van der Waals surface area contributed by atoms with Crippen molar-refractivity contribution in [3.8, 4) is 0 Å². The Bertz CT molecular complexity index is 174. The fraction of sp³-hybridized carbons (Fsp3) is 1.00. The molecule has 0 atom stereocenters. The lowest BCUT2D eigenvalue weighted by atomic mass is 10.1. The molecule has 1 fully saturated rings. The number of unbranched alkanes of at least 4 members (excludes halogenated alkanes) is 2. The molecule has 0 aromatic rings. The van der Waals surface area contributed by atoms with Crippen molar-refractivity contribution in [2.75, 3.05) is 32.7 Å². The summed E-state index contributed by atoms with van der Waals surface area (Å²) in [4.78, 5) is 2.58. The fourth-order valence-electron chi connectivity index (χ4n) is 2.31. The molecule has 1 aliphatic rings. The number of hydrogen-bond acceptors (Lipinski definition) is 3. The lowest BCUT2D eigenvalue weighted by Crippen LogP contribution is -2.29. The van der Waals surface area contributed by atoms with Crippen molar-refractivity contribution in [1.29, 1.82) is 0 Å². The van der Waals surface area contributed by atoms with Crippen molar-refractivity contribution in [3.05, 3.63) is 0 Å². The Balaban J connectivity index is 0.00000289. The second-order valence-electron chi connectivity index (χ2n) is 5.42. The number of nitrogens with zero attached hydrogens (tertiary/aromatic N) is 1. The van der Waals surface area contributed by atoms with Crippen LogP contribution in [0.3, 0.4) is 0 Å². The minimum absolute atomic E-state index is 0. The molecule has 0 bridgehead atoms. The van der Waals surface area contributed by atoms with Crippen LogP contribution in [0.25, 0.3) is 0 Å². The van der Waals surface area contributed by atoms with E-state index in [1.807, 2.05) is 0 Å². The van der Waals surface area contributed by atoms with Crippen LogP contribution in [0.4, 0.5) is 0 Å². The summed E-state index contributed by atoms with van der Waals surface area (Å²) < 4.78 is 0. The van der Waals surface area contributed by atoms with Crippen LogP contribution in [-0.4, -0.2) is 37.6 Å². The van der Waals surface area contributed by atoms with Gasteiger partial charge in [0.25, 0.3) is 0 Å². The highest BCUT2D eigenvalue weighted by Gasteiger charge is 2.20. The zero-order chi connectivity index (χ0) is 12.3. The third-order valence-corrected chi connectivity index (χ3v) is 3.64. The van der Waals surface area contributed by atoms with E-state index in [2.05, 4.69) is 4.90 Å². The van der Waals surface area contributed by atoms with Crippen molar-refractivity contribution in [2.45, 2.75) is 51.4 Å². The van der Waals surface area contributed by atoms with Crippen LogP contribution in [0, 0.1) is 5.92 Å². The van der Waals surface area contributed by atoms with Gasteiger partial charge in [-0.05, 0) is 64.3 Å². The van der Waals surface area contributed by atoms with Gasteiger partial charge in [0.05, 0.1) is 0 Å². The molecule has 1 rings (SSSR count). The largest absolute Gasteiger partial charge is 0.330 e. The molecule has 0 aliphatic heterocycles. The summed E-state index contributed by atoms with van der Waals surface area (Å²) >= 11 is 0. The Morgan fingerprint density at radius 1 is 0.778 bits per heavy atom. The molecule has 0 unspecified atom stereocenters. The Labute approximate surface area is 119 Å². The van der Waals surface area contributed by atoms with Crippen molar-refractivity contribution < 1.29 is 0 Å². The van der Waals surface area contributed by atoms with Gasteiger partial charge in [-0.25, -0.2) is 0 Å². The summed E-state index contributed by atoms with van der Waals surface area (Å²) in [6, 6.07) is 0. The third-order valence-electron chi connectivity index (χ3n) is 3.64. The molecule has 3 nitrogen and oxygen atoms in total. The van der Waals surface area contributed by atoms with Crippen LogP contribution in [0.2, 0.25) is 0 Å². The van der Waals surface area contributed by atoms with E-state index in [0.717, 1.165) is 31.8 Å². The maximum atomic E-state index is 5.59. The first-order chi connectivity index (χ1) is 8.36. The van der Waals surface area contributed by atoms with Crippen LogP contribution in [0.1, 0.15) is 51.4 Å². The van der Waals surface area contributed by atoms with Gasteiger partial charge in [-0.2, -0.15) is 0 Å². The zero-order valence-electron chi connectivity index (χ0n) is 11.8. The predicted octanol–water partition coefficient (Wildman–Crippen LogP) is 2.38. The summed E-state index contributed by atoms with van der Waals surface area (Å²) in [6.07, 6.45) is 10.8. The highest BCUT2D eigenvalue weighted by molar-refractivity contribution is 5.85. The van der Waals surface area contributed by atoms with Gasteiger partial charge >= 0.3 is 0 Å². The number of halogens is 1. The summed E-state index contributed by atoms with van der Waals surface area (Å²) in [7, 11) is 0. The molecule has 4 N–H and O–H groups in total. The fourth-order valence-corrected chi connectivity index (χ4v) is 2.31. The van der Waals surface area contributed by atoms with Gasteiger partial charge in [-0.3, -0.25) is 0 Å². The average molecular weight is 278 g/mol. The van der Waals surface area contributed by atoms with Crippen LogP contribution in [0.5, 0.6) is 0 Å². The highest BCUT2D eigenvalue weighted by atomic mass is 35.5. The molecule has 18 heavy (non-hydrogen) atoms. The van der Waals surface area contributed by atoms with Gasteiger partial charge in [-0.15, -0.1) is 12.4 Å². The highest BCUT2D eigenvalue weighted by Crippen LogP contribution is 2.33. The van der Waals surface area contributed by atoms with Crippen molar-refractivity contribution >= 4 is 12.4 Å². The molecule has 0 aromatic carbocycles. The molecule has 0 saturated heterocycles. The number of rotatable bonds is 12. The van der Waals surface area contributed by atoms with E-state index in [9.17, 15) is 0 Å². The first kappa shape index (κ1) is 18.2.